The van der Waals surface area contributed by atoms with E-state index in [0.29, 0.717) is 0 Å². The second kappa shape index (κ2) is 4.08. The van der Waals surface area contributed by atoms with Gasteiger partial charge < -0.3 is 5.32 Å². The molecule has 8 heteroatoms. The van der Waals surface area contributed by atoms with Gasteiger partial charge in [-0.25, -0.2) is 0 Å². The number of hydrogen-bond acceptors (Lipinski definition) is 3. The molecular formula is C11H7F3N2O3. The molecule has 0 aliphatic carbocycles. The first kappa shape index (κ1) is 13.1. The summed E-state index contributed by atoms with van der Waals surface area (Å²) in [6.07, 6.45) is -5.02. The molecule has 1 aromatic carbocycles. The summed E-state index contributed by atoms with van der Waals surface area (Å²) in [6, 6.07) is 3.38. The van der Waals surface area contributed by atoms with Gasteiger partial charge in [0, 0.05) is 12.7 Å². The van der Waals surface area contributed by atoms with Gasteiger partial charge >= 0.3 is 12.1 Å². The highest BCUT2D eigenvalue weighted by molar-refractivity contribution is 6.21. The number of fused-ring (bicyclic) bond motifs is 1. The Morgan fingerprint density at radius 2 is 1.74 bits per heavy atom. The van der Waals surface area contributed by atoms with Crippen molar-refractivity contribution in [3.63, 3.8) is 0 Å². The van der Waals surface area contributed by atoms with Gasteiger partial charge in [0.1, 0.15) is 0 Å². The molecule has 1 heterocycles. The largest absolute Gasteiger partial charge is 0.471 e. The fourth-order valence-corrected chi connectivity index (χ4v) is 1.64. The summed E-state index contributed by atoms with van der Waals surface area (Å²) < 4.78 is 36.2. The molecule has 1 aliphatic heterocycles. The number of rotatable bonds is 1. The fourth-order valence-electron chi connectivity index (χ4n) is 1.64. The molecule has 0 bridgehead atoms. The lowest BCUT2D eigenvalue weighted by atomic mass is 10.1. The van der Waals surface area contributed by atoms with Gasteiger partial charge in [-0.1, -0.05) is 0 Å². The normalized spacial score (nSPS) is 14.6. The van der Waals surface area contributed by atoms with Gasteiger partial charge in [-0.2, -0.15) is 13.2 Å². The fraction of sp³-hybridized carbons (Fsp3) is 0.182. The maximum Gasteiger partial charge on any atom is 0.471 e. The number of imide groups is 1. The van der Waals surface area contributed by atoms with Crippen LogP contribution in [0.25, 0.3) is 0 Å². The van der Waals surface area contributed by atoms with Crippen LogP contribution in [0.1, 0.15) is 20.7 Å². The smallest absolute Gasteiger partial charge is 0.318 e. The molecule has 0 saturated heterocycles. The maximum absolute atomic E-state index is 12.1. The van der Waals surface area contributed by atoms with Gasteiger partial charge in [0.2, 0.25) is 0 Å². The van der Waals surface area contributed by atoms with Crippen LogP contribution in [0.5, 0.6) is 0 Å². The minimum Gasteiger partial charge on any atom is -0.318 e. The number of benzene rings is 1. The molecule has 0 aromatic heterocycles. The molecule has 0 unspecified atom stereocenters. The van der Waals surface area contributed by atoms with Crippen molar-refractivity contribution in [1.82, 2.24) is 4.90 Å². The first-order chi connectivity index (χ1) is 8.71. The van der Waals surface area contributed by atoms with Gasteiger partial charge in [-0.3, -0.25) is 19.3 Å². The summed E-state index contributed by atoms with van der Waals surface area (Å²) in [7, 11) is 1.26. The van der Waals surface area contributed by atoms with Crippen molar-refractivity contribution in [2.24, 2.45) is 0 Å². The Bertz CT molecular complexity index is 595. The Morgan fingerprint density at radius 3 is 2.32 bits per heavy atom. The van der Waals surface area contributed by atoms with E-state index in [2.05, 4.69) is 0 Å². The van der Waals surface area contributed by atoms with Crippen molar-refractivity contribution in [1.29, 1.82) is 0 Å². The molecule has 1 N–H and O–H groups in total. The monoisotopic (exact) mass is 272 g/mol. The minimum absolute atomic E-state index is 0.0347. The highest BCUT2D eigenvalue weighted by atomic mass is 19.4. The number of nitrogens with zero attached hydrogens (tertiary/aromatic N) is 1. The number of halogens is 3. The van der Waals surface area contributed by atoms with Gasteiger partial charge in [-0.15, -0.1) is 0 Å². The summed E-state index contributed by atoms with van der Waals surface area (Å²) in [5, 5.41) is 1.62. The molecule has 0 fully saturated rings. The van der Waals surface area contributed by atoms with Crippen LogP contribution in [-0.4, -0.2) is 35.8 Å². The van der Waals surface area contributed by atoms with Crippen molar-refractivity contribution in [3.05, 3.63) is 29.3 Å². The average molecular weight is 272 g/mol. The van der Waals surface area contributed by atoms with E-state index in [-0.39, 0.29) is 16.8 Å². The quantitative estimate of drug-likeness (QED) is 0.786. The van der Waals surface area contributed by atoms with Gasteiger partial charge in [-0.05, 0) is 18.2 Å². The SMILES string of the molecule is CN1C(=O)c2ccc(NC(=O)C(F)(F)F)cc2C1=O. The van der Waals surface area contributed by atoms with E-state index in [9.17, 15) is 27.6 Å². The molecule has 2 rings (SSSR count). The van der Waals surface area contributed by atoms with Crippen LogP contribution in [0.3, 0.4) is 0 Å². The predicted octanol–water partition coefficient (Wildman–Crippen LogP) is 1.41. The zero-order valence-corrected chi connectivity index (χ0v) is 9.54. The molecule has 1 aliphatic rings. The van der Waals surface area contributed by atoms with Crippen molar-refractivity contribution in [3.8, 4) is 0 Å². The van der Waals surface area contributed by atoms with Crippen LogP contribution in [-0.2, 0) is 4.79 Å². The highest BCUT2D eigenvalue weighted by Crippen LogP contribution is 2.26. The van der Waals surface area contributed by atoms with E-state index in [0.717, 1.165) is 17.0 Å². The lowest BCUT2D eigenvalue weighted by molar-refractivity contribution is -0.167. The zero-order chi connectivity index (χ0) is 14.4. The zero-order valence-electron chi connectivity index (χ0n) is 9.54. The topological polar surface area (TPSA) is 66.5 Å². The van der Waals surface area contributed by atoms with Crippen molar-refractivity contribution in [2.45, 2.75) is 6.18 Å². The van der Waals surface area contributed by atoms with Crippen molar-refractivity contribution >= 4 is 23.4 Å². The van der Waals surface area contributed by atoms with E-state index >= 15 is 0 Å². The van der Waals surface area contributed by atoms with Crippen LogP contribution < -0.4 is 5.32 Å². The molecule has 3 amide bonds. The first-order valence-corrected chi connectivity index (χ1v) is 5.06. The average Bonchev–Trinajstić information content (AvgIpc) is 2.53. The standard InChI is InChI=1S/C11H7F3N2O3/c1-16-8(17)6-3-2-5(4-7(6)9(16)18)15-10(19)11(12,13)14/h2-4H,1H3,(H,15,19). The third-order valence-electron chi connectivity index (χ3n) is 2.60. The summed E-state index contributed by atoms with van der Waals surface area (Å²) in [6.45, 7) is 0. The molecule has 0 saturated carbocycles. The van der Waals surface area contributed by atoms with Crippen LogP contribution in [0.4, 0.5) is 18.9 Å². The summed E-state index contributed by atoms with van der Waals surface area (Å²) in [5.41, 5.74) is -0.137. The third kappa shape index (κ3) is 2.16. The summed E-state index contributed by atoms with van der Waals surface area (Å²) in [5.74, 6) is -3.30. The van der Waals surface area contributed by atoms with Gasteiger partial charge in [0.25, 0.3) is 11.8 Å². The van der Waals surface area contributed by atoms with E-state index in [1.165, 1.54) is 13.1 Å². The molecule has 1 aromatic rings. The number of amides is 3. The number of alkyl halides is 3. The molecule has 100 valence electrons. The second-order valence-electron chi connectivity index (χ2n) is 3.88. The van der Waals surface area contributed by atoms with Crippen LogP contribution in [0, 0.1) is 0 Å². The minimum atomic E-state index is -5.02. The Labute approximate surface area is 105 Å². The van der Waals surface area contributed by atoms with Crippen molar-refractivity contribution < 1.29 is 27.6 Å². The first-order valence-electron chi connectivity index (χ1n) is 5.06. The summed E-state index contributed by atoms with van der Waals surface area (Å²) >= 11 is 0. The maximum atomic E-state index is 12.1. The van der Waals surface area contributed by atoms with Crippen LogP contribution >= 0.6 is 0 Å². The molecule has 0 spiro atoms. The Balaban J connectivity index is 2.32. The molecular weight excluding hydrogens is 265 g/mol. The van der Waals surface area contributed by atoms with Gasteiger partial charge in [0.05, 0.1) is 11.1 Å². The van der Waals surface area contributed by atoms with Crippen molar-refractivity contribution in [2.75, 3.05) is 12.4 Å². The predicted molar refractivity (Wildman–Crippen MR) is 57.6 cm³/mol. The van der Waals surface area contributed by atoms with Gasteiger partial charge in [0.15, 0.2) is 0 Å². The highest BCUT2D eigenvalue weighted by Gasteiger charge is 2.39. The Kier molecular flexibility index (Phi) is 2.80. The number of anilines is 1. The Hall–Kier alpha value is -2.38. The van der Waals surface area contributed by atoms with E-state index in [1.54, 1.807) is 5.32 Å². The number of hydrogen-bond donors (Lipinski definition) is 1. The molecule has 5 nitrogen and oxygen atoms in total. The van der Waals surface area contributed by atoms with E-state index in [1.807, 2.05) is 0 Å². The molecule has 19 heavy (non-hydrogen) atoms. The Morgan fingerprint density at radius 1 is 1.16 bits per heavy atom. The van der Waals surface area contributed by atoms with Crippen LogP contribution in [0.15, 0.2) is 18.2 Å². The summed E-state index contributed by atoms with van der Waals surface area (Å²) in [4.78, 5) is 34.7. The molecule has 0 radical (unpaired) electrons. The van der Waals surface area contributed by atoms with E-state index in [4.69, 9.17) is 0 Å². The second-order valence-corrected chi connectivity index (χ2v) is 3.88. The number of carbonyl (C=O) groups excluding carboxylic acids is 3. The number of carbonyl (C=O) groups is 3. The lowest BCUT2D eigenvalue weighted by Gasteiger charge is -2.08. The molecule has 0 atom stereocenters. The third-order valence-corrected chi connectivity index (χ3v) is 2.60. The van der Waals surface area contributed by atoms with Crippen LogP contribution in [0.2, 0.25) is 0 Å². The van der Waals surface area contributed by atoms with E-state index < -0.39 is 23.9 Å². The number of nitrogens with one attached hydrogen (secondary N) is 1. The lowest BCUT2D eigenvalue weighted by Crippen LogP contribution is -2.30.